The molecular weight excluding hydrogens is 182 g/mol. The fourth-order valence-corrected chi connectivity index (χ4v) is 1.44. The number of ether oxygens (including phenoxy) is 1. The first-order chi connectivity index (χ1) is 6.19. The van der Waals surface area contributed by atoms with Crippen LogP contribution >= 0.6 is 12.6 Å². The summed E-state index contributed by atoms with van der Waals surface area (Å²) >= 11 is 4.17. The highest BCUT2D eigenvalue weighted by Crippen LogP contribution is 2.25. The lowest BCUT2D eigenvalue weighted by molar-refractivity contribution is 0.407. The van der Waals surface area contributed by atoms with E-state index in [-0.39, 0.29) is 6.04 Å². The van der Waals surface area contributed by atoms with Crippen LogP contribution in [0.15, 0.2) is 18.2 Å². The number of nitrogens with two attached hydrogens (primary N) is 1. The van der Waals surface area contributed by atoms with E-state index in [1.165, 1.54) is 5.56 Å². The lowest BCUT2D eigenvalue weighted by Crippen LogP contribution is -2.13. The predicted molar refractivity (Wildman–Crippen MR) is 58.5 cm³/mol. The monoisotopic (exact) mass is 197 g/mol. The van der Waals surface area contributed by atoms with Crippen molar-refractivity contribution in [3.63, 3.8) is 0 Å². The average Bonchev–Trinajstić information content (AvgIpc) is 2.16. The average molecular weight is 197 g/mol. The van der Waals surface area contributed by atoms with Crippen molar-refractivity contribution >= 4 is 12.6 Å². The molecule has 0 bridgehead atoms. The van der Waals surface area contributed by atoms with Crippen molar-refractivity contribution in [2.45, 2.75) is 13.0 Å². The molecule has 0 amide bonds. The Morgan fingerprint density at radius 1 is 1.54 bits per heavy atom. The number of hydrogen-bond acceptors (Lipinski definition) is 3. The highest BCUT2D eigenvalue weighted by Gasteiger charge is 2.09. The molecule has 0 saturated carbocycles. The zero-order valence-corrected chi connectivity index (χ0v) is 8.84. The van der Waals surface area contributed by atoms with Crippen molar-refractivity contribution < 1.29 is 4.74 Å². The van der Waals surface area contributed by atoms with Gasteiger partial charge in [-0.3, -0.25) is 0 Å². The topological polar surface area (TPSA) is 35.2 Å². The van der Waals surface area contributed by atoms with Crippen LogP contribution in [0.2, 0.25) is 0 Å². The van der Waals surface area contributed by atoms with Gasteiger partial charge in [-0.05, 0) is 13.0 Å². The summed E-state index contributed by atoms with van der Waals surface area (Å²) in [7, 11) is 1.65. The number of thiol groups is 1. The molecule has 2 N–H and O–H groups in total. The first-order valence-electron chi connectivity index (χ1n) is 4.20. The Kier molecular flexibility index (Phi) is 3.63. The van der Waals surface area contributed by atoms with E-state index in [0.29, 0.717) is 5.75 Å². The molecule has 0 aromatic heterocycles. The molecule has 1 atom stereocenters. The molecule has 1 rings (SSSR count). The summed E-state index contributed by atoms with van der Waals surface area (Å²) in [6.45, 7) is 2.04. The Labute approximate surface area is 84.5 Å². The molecule has 0 aliphatic carbocycles. The van der Waals surface area contributed by atoms with Crippen molar-refractivity contribution in [2.75, 3.05) is 12.9 Å². The van der Waals surface area contributed by atoms with Gasteiger partial charge < -0.3 is 10.5 Å². The van der Waals surface area contributed by atoms with Crippen LogP contribution < -0.4 is 10.5 Å². The molecule has 0 spiro atoms. The van der Waals surface area contributed by atoms with Gasteiger partial charge in [-0.1, -0.05) is 17.7 Å². The Morgan fingerprint density at radius 2 is 2.23 bits per heavy atom. The van der Waals surface area contributed by atoms with Crippen LogP contribution in [0.4, 0.5) is 0 Å². The highest BCUT2D eigenvalue weighted by molar-refractivity contribution is 7.80. The van der Waals surface area contributed by atoms with Gasteiger partial charge in [0.1, 0.15) is 5.75 Å². The van der Waals surface area contributed by atoms with Crippen molar-refractivity contribution in [1.29, 1.82) is 0 Å². The summed E-state index contributed by atoms with van der Waals surface area (Å²) in [6, 6.07) is 5.93. The lowest BCUT2D eigenvalue weighted by Gasteiger charge is -2.14. The van der Waals surface area contributed by atoms with E-state index in [2.05, 4.69) is 12.6 Å². The molecule has 1 aromatic rings. The van der Waals surface area contributed by atoms with Gasteiger partial charge in [-0.25, -0.2) is 0 Å². The van der Waals surface area contributed by atoms with Gasteiger partial charge in [0.25, 0.3) is 0 Å². The lowest BCUT2D eigenvalue weighted by atomic mass is 10.1. The molecule has 72 valence electrons. The molecule has 13 heavy (non-hydrogen) atoms. The van der Waals surface area contributed by atoms with Crippen molar-refractivity contribution in [3.8, 4) is 5.75 Å². The normalized spacial score (nSPS) is 12.6. The second kappa shape index (κ2) is 4.53. The molecule has 0 heterocycles. The van der Waals surface area contributed by atoms with Gasteiger partial charge in [0.2, 0.25) is 0 Å². The third-order valence-corrected chi connectivity index (χ3v) is 2.37. The summed E-state index contributed by atoms with van der Waals surface area (Å²) in [5.74, 6) is 1.46. The number of rotatable bonds is 3. The van der Waals surface area contributed by atoms with Gasteiger partial charge in [-0.15, -0.1) is 0 Å². The van der Waals surface area contributed by atoms with E-state index in [0.717, 1.165) is 11.3 Å². The summed E-state index contributed by atoms with van der Waals surface area (Å²) in [5, 5.41) is 0. The van der Waals surface area contributed by atoms with E-state index >= 15 is 0 Å². The number of benzene rings is 1. The summed E-state index contributed by atoms with van der Waals surface area (Å²) in [6.07, 6.45) is 0. The van der Waals surface area contributed by atoms with Crippen molar-refractivity contribution in [2.24, 2.45) is 5.73 Å². The first-order valence-corrected chi connectivity index (χ1v) is 4.83. The standard InChI is InChI=1S/C10H15NOS/c1-7-3-4-10(12-2)8(5-7)9(11)6-13/h3-5,9,13H,6,11H2,1-2H3. The molecule has 0 aliphatic heterocycles. The maximum absolute atomic E-state index is 5.88. The molecular formula is C10H15NOS. The summed E-state index contributed by atoms with van der Waals surface area (Å²) in [5.41, 5.74) is 8.10. The third kappa shape index (κ3) is 2.39. The Morgan fingerprint density at radius 3 is 2.77 bits per heavy atom. The van der Waals surface area contributed by atoms with Crippen molar-refractivity contribution in [1.82, 2.24) is 0 Å². The minimum absolute atomic E-state index is 0.0572. The van der Waals surface area contributed by atoms with Crippen LogP contribution in [0.3, 0.4) is 0 Å². The Bertz CT molecular complexity index is 288. The van der Waals surface area contributed by atoms with Crippen LogP contribution in [0, 0.1) is 6.92 Å². The number of methoxy groups -OCH3 is 1. The van der Waals surface area contributed by atoms with Gasteiger partial charge in [0, 0.05) is 17.4 Å². The van der Waals surface area contributed by atoms with E-state index < -0.39 is 0 Å². The maximum atomic E-state index is 5.88. The molecule has 0 radical (unpaired) electrons. The molecule has 2 nitrogen and oxygen atoms in total. The van der Waals surface area contributed by atoms with Gasteiger partial charge in [0.05, 0.1) is 7.11 Å². The molecule has 1 unspecified atom stereocenters. The minimum atomic E-state index is -0.0572. The fourth-order valence-electron chi connectivity index (χ4n) is 1.24. The van der Waals surface area contributed by atoms with E-state index in [4.69, 9.17) is 10.5 Å². The second-order valence-electron chi connectivity index (χ2n) is 3.03. The zero-order chi connectivity index (χ0) is 9.84. The number of aryl methyl sites for hydroxylation is 1. The fraction of sp³-hybridized carbons (Fsp3) is 0.400. The molecule has 0 fully saturated rings. The Hall–Kier alpha value is -0.670. The van der Waals surface area contributed by atoms with Crippen LogP contribution in [0.1, 0.15) is 17.2 Å². The number of hydrogen-bond donors (Lipinski definition) is 2. The largest absolute Gasteiger partial charge is 0.496 e. The maximum Gasteiger partial charge on any atom is 0.123 e. The quantitative estimate of drug-likeness (QED) is 0.726. The van der Waals surface area contributed by atoms with Gasteiger partial charge >= 0.3 is 0 Å². The van der Waals surface area contributed by atoms with E-state index in [1.807, 2.05) is 25.1 Å². The molecule has 3 heteroatoms. The van der Waals surface area contributed by atoms with E-state index in [1.54, 1.807) is 7.11 Å². The molecule has 0 saturated heterocycles. The zero-order valence-electron chi connectivity index (χ0n) is 7.95. The molecule has 0 aliphatic rings. The SMILES string of the molecule is COc1ccc(C)cc1C(N)CS. The predicted octanol–water partition coefficient (Wildman–Crippen LogP) is 1.93. The van der Waals surface area contributed by atoms with Gasteiger partial charge in [-0.2, -0.15) is 12.6 Å². The minimum Gasteiger partial charge on any atom is -0.496 e. The van der Waals surface area contributed by atoms with Crippen LogP contribution in [0.5, 0.6) is 5.75 Å². The van der Waals surface area contributed by atoms with Crippen LogP contribution in [0.25, 0.3) is 0 Å². The summed E-state index contributed by atoms with van der Waals surface area (Å²) < 4.78 is 5.21. The second-order valence-corrected chi connectivity index (χ2v) is 3.40. The van der Waals surface area contributed by atoms with Gasteiger partial charge in [0.15, 0.2) is 0 Å². The smallest absolute Gasteiger partial charge is 0.123 e. The Balaban J connectivity index is 3.07. The van der Waals surface area contributed by atoms with Crippen LogP contribution in [-0.4, -0.2) is 12.9 Å². The molecule has 1 aromatic carbocycles. The van der Waals surface area contributed by atoms with Crippen LogP contribution in [-0.2, 0) is 0 Å². The third-order valence-electron chi connectivity index (χ3n) is 1.98. The highest BCUT2D eigenvalue weighted by atomic mass is 32.1. The summed E-state index contributed by atoms with van der Waals surface area (Å²) in [4.78, 5) is 0. The first kappa shape index (κ1) is 10.4. The van der Waals surface area contributed by atoms with Crippen molar-refractivity contribution in [3.05, 3.63) is 29.3 Å². The van der Waals surface area contributed by atoms with E-state index in [9.17, 15) is 0 Å².